The summed E-state index contributed by atoms with van der Waals surface area (Å²) in [4.78, 5) is 0. The Morgan fingerprint density at radius 1 is 1.00 bits per heavy atom. The zero-order chi connectivity index (χ0) is 13.6. The topological polar surface area (TPSA) is 18.5 Å². The van der Waals surface area contributed by atoms with Gasteiger partial charge in [0.15, 0.2) is 0 Å². The van der Waals surface area contributed by atoms with Crippen LogP contribution in [0.3, 0.4) is 0 Å². The lowest BCUT2D eigenvalue weighted by Gasteiger charge is -2.35. The van der Waals surface area contributed by atoms with Crippen molar-refractivity contribution < 1.29 is 8.85 Å². The van der Waals surface area contributed by atoms with Crippen LogP contribution in [-0.4, -0.2) is 21.8 Å². The van der Waals surface area contributed by atoms with Gasteiger partial charge in [-0.3, -0.25) is 0 Å². The van der Waals surface area contributed by atoms with Gasteiger partial charge in [-0.15, -0.1) is 0 Å². The maximum Gasteiger partial charge on any atom is 0.375 e. The first-order valence-corrected chi connectivity index (χ1v) is 8.85. The van der Waals surface area contributed by atoms with Gasteiger partial charge >= 0.3 is 8.56 Å². The highest BCUT2D eigenvalue weighted by atomic mass is 28.4. The van der Waals surface area contributed by atoms with Gasteiger partial charge in [0.25, 0.3) is 0 Å². The lowest BCUT2D eigenvalue weighted by atomic mass is 10.2. The number of benzene rings is 1. The molecule has 0 aromatic heterocycles. The number of hydrogen-bond donors (Lipinski definition) is 0. The van der Waals surface area contributed by atoms with E-state index in [9.17, 15) is 0 Å². The second-order valence-corrected chi connectivity index (χ2v) is 8.18. The smallest absolute Gasteiger partial charge is 0.375 e. The molecular weight excluding hydrogens is 240 g/mol. The summed E-state index contributed by atoms with van der Waals surface area (Å²) in [6.45, 7) is 12.1. The first-order valence-electron chi connectivity index (χ1n) is 6.95. The largest absolute Gasteiger partial charge is 0.391 e. The van der Waals surface area contributed by atoms with Crippen molar-refractivity contribution in [2.75, 3.05) is 13.2 Å². The predicted octanol–water partition coefficient (Wildman–Crippen LogP) is 3.52. The third-order valence-corrected chi connectivity index (χ3v) is 7.71. The standard InChI is InChI=1S/C15H26O2Si/c1-6-14(5)18(16-7-2,17-8-3)15-11-9-13(4)10-12-15/h9-12,14H,6-8H2,1-5H3. The van der Waals surface area contributed by atoms with Gasteiger partial charge in [-0.25, -0.2) is 0 Å². The van der Waals surface area contributed by atoms with Crippen molar-refractivity contribution in [3.05, 3.63) is 29.8 Å². The monoisotopic (exact) mass is 266 g/mol. The minimum atomic E-state index is -2.30. The van der Waals surface area contributed by atoms with Crippen LogP contribution in [0.5, 0.6) is 0 Å². The maximum atomic E-state index is 6.17. The van der Waals surface area contributed by atoms with Crippen LogP contribution in [0.15, 0.2) is 24.3 Å². The number of rotatable bonds is 7. The van der Waals surface area contributed by atoms with E-state index in [0.29, 0.717) is 18.8 Å². The lowest BCUT2D eigenvalue weighted by molar-refractivity contribution is 0.186. The van der Waals surface area contributed by atoms with Gasteiger partial charge in [-0.05, 0) is 26.0 Å². The molecule has 2 nitrogen and oxygen atoms in total. The molecule has 0 saturated heterocycles. The zero-order valence-corrected chi connectivity index (χ0v) is 13.3. The molecule has 1 atom stereocenters. The van der Waals surface area contributed by atoms with Crippen LogP contribution in [0.25, 0.3) is 0 Å². The molecule has 1 aromatic rings. The first kappa shape index (κ1) is 15.4. The molecule has 18 heavy (non-hydrogen) atoms. The van der Waals surface area contributed by atoms with Gasteiger partial charge in [0.2, 0.25) is 0 Å². The highest BCUT2D eigenvalue weighted by Gasteiger charge is 2.44. The molecule has 0 aliphatic carbocycles. The van der Waals surface area contributed by atoms with E-state index in [1.54, 1.807) is 0 Å². The Kier molecular flexibility index (Phi) is 6.06. The van der Waals surface area contributed by atoms with Crippen molar-refractivity contribution >= 4 is 13.7 Å². The Labute approximate surface area is 113 Å². The number of aryl methyl sites for hydroxylation is 1. The summed E-state index contributed by atoms with van der Waals surface area (Å²) >= 11 is 0. The van der Waals surface area contributed by atoms with Crippen molar-refractivity contribution in [3.63, 3.8) is 0 Å². The molecule has 0 aliphatic heterocycles. The van der Waals surface area contributed by atoms with E-state index >= 15 is 0 Å². The van der Waals surface area contributed by atoms with E-state index in [1.165, 1.54) is 10.8 Å². The summed E-state index contributed by atoms with van der Waals surface area (Å²) in [6.07, 6.45) is 1.08. The average Bonchev–Trinajstić information content (AvgIpc) is 2.38. The van der Waals surface area contributed by atoms with Gasteiger partial charge in [-0.2, -0.15) is 0 Å². The van der Waals surface area contributed by atoms with Crippen LogP contribution < -0.4 is 5.19 Å². The molecule has 1 unspecified atom stereocenters. The van der Waals surface area contributed by atoms with Crippen LogP contribution >= 0.6 is 0 Å². The maximum absolute atomic E-state index is 6.17. The summed E-state index contributed by atoms with van der Waals surface area (Å²) in [5.41, 5.74) is 1.74. The highest BCUT2D eigenvalue weighted by Crippen LogP contribution is 2.27. The molecule has 0 spiro atoms. The lowest BCUT2D eigenvalue weighted by Crippen LogP contribution is -2.57. The minimum absolute atomic E-state index is 0.458. The molecule has 1 rings (SSSR count). The fourth-order valence-electron chi connectivity index (χ4n) is 2.26. The molecule has 0 fully saturated rings. The van der Waals surface area contributed by atoms with Gasteiger partial charge < -0.3 is 8.85 Å². The molecule has 0 saturated carbocycles. The fraction of sp³-hybridized carbons (Fsp3) is 0.600. The quantitative estimate of drug-likeness (QED) is 0.703. The molecule has 0 bridgehead atoms. The average molecular weight is 266 g/mol. The van der Waals surface area contributed by atoms with Crippen LogP contribution in [0.1, 0.15) is 39.7 Å². The molecule has 1 aromatic carbocycles. The van der Waals surface area contributed by atoms with Crippen LogP contribution in [0, 0.1) is 6.92 Å². The summed E-state index contributed by atoms with van der Waals surface area (Å²) in [5, 5.41) is 1.26. The Bertz CT molecular complexity index is 342. The van der Waals surface area contributed by atoms with E-state index in [2.05, 4.69) is 58.9 Å². The van der Waals surface area contributed by atoms with Gasteiger partial charge in [0.05, 0.1) is 0 Å². The van der Waals surface area contributed by atoms with Crippen molar-refractivity contribution in [2.24, 2.45) is 0 Å². The zero-order valence-electron chi connectivity index (χ0n) is 12.3. The highest BCUT2D eigenvalue weighted by molar-refractivity contribution is 6.82. The molecule has 0 heterocycles. The van der Waals surface area contributed by atoms with Crippen LogP contribution in [0.2, 0.25) is 5.54 Å². The summed E-state index contributed by atoms with van der Waals surface area (Å²) in [7, 11) is -2.30. The van der Waals surface area contributed by atoms with Gasteiger partial charge in [0.1, 0.15) is 0 Å². The fourth-order valence-corrected chi connectivity index (χ4v) is 5.84. The van der Waals surface area contributed by atoms with Crippen LogP contribution in [0.4, 0.5) is 0 Å². The van der Waals surface area contributed by atoms with Crippen molar-refractivity contribution in [1.82, 2.24) is 0 Å². The number of hydrogen-bond acceptors (Lipinski definition) is 2. The predicted molar refractivity (Wildman–Crippen MR) is 79.5 cm³/mol. The Hall–Kier alpha value is -0.643. The SMILES string of the molecule is CCO[Si](OCC)(c1ccc(C)cc1)C(C)CC. The van der Waals surface area contributed by atoms with E-state index < -0.39 is 8.56 Å². The van der Waals surface area contributed by atoms with E-state index in [0.717, 1.165) is 6.42 Å². The molecule has 0 amide bonds. The normalized spacial score (nSPS) is 13.6. The molecule has 0 N–H and O–H groups in total. The molecule has 0 aliphatic rings. The van der Waals surface area contributed by atoms with Gasteiger partial charge in [-0.1, -0.05) is 50.1 Å². The second kappa shape index (κ2) is 7.07. The van der Waals surface area contributed by atoms with Crippen molar-refractivity contribution in [1.29, 1.82) is 0 Å². The second-order valence-electron chi connectivity index (χ2n) is 4.71. The Morgan fingerprint density at radius 3 is 1.89 bits per heavy atom. The summed E-state index contributed by atoms with van der Waals surface area (Å²) in [6, 6.07) is 8.66. The van der Waals surface area contributed by atoms with E-state index in [4.69, 9.17) is 8.85 Å². The van der Waals surface area contributed by atoms with E-state index in [1.807, 2.05) is 0 Å². The van der Waals surface area contributed by atoms with Crippen molar-refractivity contribution in [2.45, 2.75) is 46.6 Å². The molecular formula is C15H26O2Si. The molecule has 3 heteroatoms. The van der Waals surface area contributed by atoms with E-state index in [-0.39, 0.29) is 0 Å². The van der Waals surface area contributed by atoms with Gasteiger partial charge in [0, 0.05) is 18.8 Å². The first-order chi connectivity index (χ1) is 8.60. The minimum Gasteiger partial charge on any atom is -0.391 e. The summed E-state index contributed by atoms with van der Waals surface area (Å²) < 4.78 is 12.3. The molecule has 102 valence electrons. The summed E-state index contributed by atoms with van der Waals surface area (Å²) in [5.74, 6) is 0. The third-order valence-electron chi connectivity index (χ3n) is 3.43. The molecule has 0 radical (unpaired) electrons. The Balaban J connectivity index is 3.18. The Morgan fingerprint density at radius 2 is 1.50 bits per heavy atom. The van der Waals surface area contributed by atoms with Crippen molar-refractivity contribution in [3.8, 4) is 0 Å². The third kappa shape index (κ3) is 3.22. The van der Waals surface area contributed by atoms with Crippen LogP contribution in [-0.2, 0) is 8.85 Å².